The fraction of sp³-hybridized carbons (Fsp3) is 0.615. The molecule has 0 unspecified atom stereocenters. The molecule has 0 aromatic heterocycles. The molecule has 1 amide bonds. The normalized spacial score (nSPS) is 11.9. The summed E-state index contributed by atoms with van der Waals surface area (Å²) in [5, 5.41) is 9.08. The summed E-state index contributed by atoms with van der Waals surface area (Å²) in [5.74, 6) is -2.91. The number of nitrogens with one attached hydrogen (secondary N) is 1. The fourth-order valence-corrected chi connectivity index (χ4v) is 5.81. The van der Waals surface area contributed by atoms with Crippen LogP contribution in [-0.4, -0.2) is 49.1 Å². The SMILES string of the molecule is C=C(SCCN(Cc1ccc(C(F)(F)F)cc1)C(=O)C(=O)O)S(=O)(=O)NCCCCCCCCCCCC. The van der Waals surface area contributed by atoms with Crippen molar-refractivity contribution in [1.29, 1.82) is 0 Å². The Morgan fingerprint density at radius 1 is 0.974 bits per heavy atom. The molecule has 2 N–H and O–H groups in total. The van der Waals surface area contributed by atoms with Crippen LogP contribution in [0.25, 0.3) is 0 Å². The molecular formula is C26H39F3N2O5S2. The molecule has 1 rings (SSSR count). The summed E-state index contributed by atoms with van der Waals surface area (Å²) in [4.78, 5) is 24.2. The Kier molecular flexibility index (Phi) is 15.7. The van der Waals surface area contributed by atoms with Gasteiger partial charge in [-0.1, -0.05) is 83.4 Å². The number of benzene rings is 1. The number of carboxylic acids is 1. The Balaban J connectivity index is 2.43. The van der Waals surface area contributed by atoms with Crippen LogP contribution in [0.4, 0.5) is 13.2 Å². The fourth-order valence-electron chi connectivity index (χ4n) is 3.65. The predicted molar refractivity (Wildman–Crippen MR) is 145 cm³/mol. The third-order valence-corrected chi connectivity index (χ3v) is 8.78. The number of sulfonamides is 1. The van der Waals surface area contributed by atoms with Gasteiger partial charge >= 0.3 is 18.1 Å². The summed E-state index contributed by atoms with van der Waals surface area (Å²) >= 11 is 0.860. The maximum atomic E-state index is 12.8. The van der Waals surface area contributed by atoms with Gasteiger partial charge in [-0.15, -0.1) is 11.8 Å². The molecule has 216 valence electrons. The number of alkyl halides is 3. The van der Waals surface area contributed by atoms with Gasteiger partial charge in [-0.3, -0.25) is 4.79 Å². The lowest BCUT2D eigenvalue weighted by Crippen LogP contribution is -2.37. The standard InChI is InChI=1S/C26H39F3N2O5S2/c1-3-4-5-6-7-8-9-10-11-12-17-30-38(35,36)21(2)37-19-18-31(24(32)25(33)34)20-22-13-15-23(16-14-22)26(27,28)29/h13-16,30H,2-12,17-20H2,1H3,(H,33,34). The molecule has 0 aliphatic carbocycles. The van der Waals surface area contributed by atoms with Crippen LogP contribution in [0.15, 0.2) is 35.1 Å². The highest BCUT2D eigenvalue weighted by atomic mass is 32.3. The average Bonchev–Trinajstić information content (AvgIpc) is 2.85. The highest BCUT2D eigenvalue weighted by Crippen LogP contribution is 2.29. The van der Waals surface area contributed by atoms with E-state index in [0.29, 0.717) is 12.0 Å². The Morgan fingerprint density at radius 2 is 1.50 bits per heavy atom. The monoisotopic (exact) mass is 580 g/mol. The summed E-state index contributed by atoms with van der Waals surface area (Å²) in [6, 6.07) is 4.03. The largest absolute Gasteiger partial charge is 0.474 e. The lowest BCUT2D eigenvalue weighted by molar-refractivity contribution is -0.156. The minimum absolute atomic E-state index is 0.0393. The summed E-state index contributed by atoms with van der Waals surface area (Å²) in [6.45, 7) is 5.68. The first kappa shape index (κ1) is 34.0. The number of thioether (sulfide) groups is 1. The van der Waals surface area contributed by atoms with Crippen molar-refractivity contribution in [3.63, 3.8) is 0 Å². The van der Waals surface area contributed by atoms with E-state index in [-0.39, 0.29) is 29.6 Å². The maximum absolute atomic E-state index is 12.8. The number of carboxylic acid groups (broad SMARTS) is 1. The smallest absolute Gasteiger partial charge is 0.416 e. The number of unbranched alkanes of at least 4 members (excludes halogenated alkanes) is 9. The number of carbonyl (C=O) groups excluding carboxylic acids is 1. The minimum Gasteiger partial charge on any atom is -0.474 e. The van der Waals surface area contributed by atoms with E-state index < -0.39 is 33.6 Å². The number of aliphatic carboxylic acids is 1. The van der Waals surface area contributed by atoms with Crippen molar-refractivity contribution in [3.8, 4) is 0 Å². The van der Waals surface area contributed by atoms with Crippen LogP contribution in [0, 0.1) is 0 Å². The van der Waals surface area contributed by atoms with Gasteiger partial charge in [0.05, 0.1) is 5.56 Å². The van der Waals surface area contributed by atoms with E-state index >= 15 is 0 Å². The summed E-state index contributed by atoms with van der Waals surface area (Å²) in [6.07, 6.45) is 6.82. The molecule has 0 aliphatic heterocycles. The van der Waals surface area contributed by atoms with Crippen LogP contribution >= 0.6 is 11.8 Å². The van der Waals surface area contributed by atoms with Crippen molar-refractivity contribution in [1.82, 2.24) is 9.62 Å². The van der Waals surface area contributed by atoms with E-state index in [1.807, 2.05) is 0 Å². The van der Waals surface area contributed by atoms with Crippen LogP contribution in [0.3, 0.4) is 0 Å². The number of halogens is 3. The lowest BCUT2D eigenvalue weighted by atomic mass is 10.1. The molecule has 0 heterocycles. The number of amides is 1. The van der Waals surface area contributed by atoms with Gasteiger partial charge in [-0.05, 0) is 24.1 Å². The number of rotatable bonds is 19. The van der Waals surface area contributed by atoms with Crippen molar-refractivity contribution in [2.45, 2.75) is 83.9 Å². The van der Waals surface area contributed by atoms with Crippen LogP contribution < -0.4 is 4.72 Å². The van der Waals surface area contributed by atoms with E-state index in [4.69, 9.17) is 5.11 Å². The Labute approximate surface area is 228 Å². The maximum Gasteiger partial charge on any atom is 0.416 e. The molecule has 0 saturated heterocycles. The highest BCUT2D eigenvalue weighted by Gasteiger charge is 2.30. The molecule has 0 radical (unpaired) electrons. The van der Waals surface area contributed by atoms with Crippen LogP contribution in [0.5, 0.6) is 0 Å². The zero-order valence-electron chi connectivity index (χ0n) is 21.9. The van der Waals surface area contributed by atoms with Gasteiger partial charge in [0, 0.05) is 25.4 Å². The Bertz CT molecular complexity index is 984. The molecule has 1 aromatic rings. The summed E-state index contributed by atoms with van der Waals surface area (Å²) in [7, 11) is -3.79. The topological polar surface area (TPSA) is 104 Å². The zero-order chi connectivity index (χ0) is 28.6. The molecule has 0 saturated carbocycles. The molecule has 1 aromatic carbocycles. The van der Waals surface area contributed by atoms with Crippen molar-refractivity contribution >= 4 is 33.7 Å². The van der Waals surface area contributed by atoms with Crippen molar-refractivity contribution < 1.29 is 36.3 Å². The van der Waals surface area contributed by atoms with E-state index in [1.165, 1.54) is 50.7 Å². The second-order valence-corrected chi connectivity index (χ2v) is 12.3. The van der Waals surface area contributed by atoms with Gasteiger partial charge in [0.15, 0.2) is 0 Å². The molecule has 0 fully saturated rings. The molecule has 0 atom stereocenters. The van der Waals surface area contributed by atoms with E-state index in [9.17, 15) is 31.2 Å². The predicted octanol–water partition coefficient (Wildman–Crippen LogP) is 6.16. The number of hydrogen-bond acceptors (Lipinski definition) is 5. The zero-order valence-corrected chi connectivity index (χ0v) is 23.5. The van der Waals surface area contributed by atoms with Gasteiger partial charge in [0.25, 0.3) is 0 Å². The lowest BCUT2D eigenvalue weighted by Gasteiger charge is -2.21. The molecule has 12 heteroatoms. The van der Waals surface area contributed by atoms with E-state index in [0.717, 1.165) is 48.1 Å². The Morgan fingerprint density at radius 3 is 2.00 bits per heavy atom. The summed E-state index contributed by atoms with van der Waals surface area (Å²) < 4.78 is 65.4. The first-order chi connectivity index (χ1) is 17.9. The summed E-state index contributed by atoms with van der Waals surface area (Å²) in [5.41, 5.74) is -0.554. The third kappa shape index (κ3) is 13.7. The average molecular weight is 581 g/mol. The van der Waals surface area contributed by atoms with Crippen molar-refractivity contribution in [2.24, 2.45) is 0 Å². The molecule has 0 spiro atoms. The number of carbonyl (C=O) groups is 2. The van der Waals surface area contributed by atoms with Crippen LogP contribution in [0.2, 0.25) is 0 Å². The molecule has 7 nitrogen and oxygen atoms in total. The van der Waals surface area contributed by atoms with Gasteiger partial charge < -0.3 is 10.0 Å². The van der Waals surface area contributed by atoms with Gasteiger partial charge in [0.2, 0.25) is 10.0 Å². The first-order valence-electron chi connectivity index (χ1n) is 12.9. The van der Waals surface area contributed by atoms with Crippen LogP contribution in [0.1, 0.15) is 82.3 Å². The quantitative estimate of drug-likeness (QED) is 0.150. The second kappa shape index (κ2) is 17.5. The second-order valence-electron chi connectivity index (χ2n) is 9.03. The van der Waals surface area contributed by atoms with Gasteiger partial charge in [0.1, 0.15) is 4.24 Å². The third-order valence-electron chi connectivity index (χ3n) is 5.87. The first-order valence-corrected chi connectivity index (χ1v) is 15.3. The number of nitrogens with zero attached hydrogens (tertiary/aromatic N) is 1. The molecular weight excluding hydrogens is 541 g/mol. The number of hydrogen-bond donors (Lipinski definition) is 2. The van der Waals surface area contributed by atoms with Crippen molar-refractivity contribution in [3.05, 3.63) is 46.2 Å². The Hall–Kier alpha value is -2.05. The molecule has 0 bridgehead atoms. The van der Waals surface area contributed by atoms with Crippen molar-refractivity contribution in [2.75, 3.05) is 18.8 Å². The molecule has 38 heavy (non-hydrogen) atoms. The molecule has 0 aliphatic rings. The highest BCUT2D eigenvalue weighted by molar-refractivity contribution is 8.18. The van der Waals surface area contributed by atoms with Crippen LogP contribution in [-0.2, 0) is 32.3 Å². The van der Waals surface area contributed by atoms with E-state index in [1.54, 1.807) is 0 Å². The van der Waals surface area contributed by atoms with Gasteiger partial charge in [-0.25, -0.2) is 17.9 Å². The van der Waals surface area contributed by atoms with E-state index in [2.05, 4.69) is 18.2 Å². The van der Waals surface area contributed by atoms with Gasteiger partial charge in [-0.2, -0.15) is 13.2 Å². The minimum atomic E-state index is -4.51.